The van der Waals surface area contributed by atoms with Crippen molar-refractivity contribution in [2.45, 2.75) is 33.1 Å². The van der Waals surface area contributed by atoms with Gasteiger partial charge in [-0.2, -0.15) is 5.10 Å². The largest absolute Gasteiger partial charge is 0.453 e. The smallest absolute Gasteiger partial charge is 0.379 e. The minimum Gasteiger partial charge on any atom is -0.453 e. The van der Waals surface area contributed by atoms with Gasteiger partial charge in [-0.3, -0.25) is 25.7 Å². The molecule has 4 rings (SSSR count). The summed E-state index contributed by atoms with van der Waals surface area (Å²) in [5.41, 5.74) is 4.60. The van der Waals surface area contributed by atoms with E-state index in [2.05, 4.69) is 10.5 Å². The molecule has 174 valence electrons. The van der Waals surface area contributed by atoms with Crippen molar-refractivity contribution in [3.05, 3.63) is 90.9 Å². The molecule has 1 aliphatic rings. The van der Waals surface area contributed by atoms with Crippen LogP contribution in [-0.2, 0) is 6.42 Å². The second-order valence-corrected chi connectivity index (χ2v) is 7.80. The van der Waals surface area contributed by atoms with Gasteiger partial charge >= 0.3 is 11.7 Å². The van der Waals surface area contributed by atoms with E-state index < -0.39 is 27.2 Å². The zero-order chi connectivity index (χ0) is 24.4. The van der Waals surface area contributed by atoms with Crippen LogP contribution in [0.15, 0.2) is 52.0 Å². The number of hydrogen-bond donors (Lipinski definition) is 1. The number of carbonyl (C=O) groups excluding carboxylic acids is 1. The molecule has 1 aromatic heterocycles. The Bertz CT molecular complexity index is 1330. The van der Waals surface area contributed by atoms with Crippen molar-refractivity contribution in [2.75, 3.05) is 5.43 Å². The fourth-order valence-electron chi connectivity index (χ4n) is 3.74. The predicted octanol–water partition coefficient (Wildman–Crippen LogP) is 5.08. The molecule has 0 bridgehead atoms. The van der Waals surface area contributed by atoms with Crippen molar-refractivity contribution < 1.29 is 23.8 Å². The highest BCUT2D eigenvalue weighted by Gasteiger charge is 2.29. The van der Waals surface area contributed by atoms with E-state index in [1.54, 1.807) is 19.1 Å². The maximum Gasteiger partial charge on any atom is 0.379 e. The van der Waals surface area contributed by atoms with Crippen LogP contribution in [-0.4, -0.2) is 21.5 Å². The molecule has 0 spiro atoms. The van der Waals surface area contributed by atoms with Crippen molar-refractivity contribution in [1.82, 2.24) is 0 Å². The first-order chi connectivity index (χ1) is 16.2. The van der Waals surface area contributed by atoms with Gasteiger partial charge in [0.05, 0.1) is 21.6 Å². The standard InChI is InChI=1S/C23H20N4O7/c1-13-6-9-16(10-7-13)33-23(28)22-14(2)21-18(4-3-5-20(21)34-22)25-24-17-11-8-15(26(29)30)12-19(17)27(31)32/h6-12,24H,3-5H2,1-2H3/b25-18+. The van der Waals surface area contributed by atoms with Gasteiger partial charge in [-0.1, -0.05) is 17.7 Å². The summed E-state index contributed by atoms with van der Waals surface area (Å²) in [5.74, 6) is 0.416. The van der Waals surface area contributed by atoms with Gasteiger partial charge in [0.1, 0.15) is 17.2 Å². The topological polar surface area (TPSA) is 150 Å². The van der Waals surface area contributed by atoms with Crippen LogP contribution < -0.4 is 10.2 Å². The number of esters is 1. The molecular weight excluding hydrogens is 444 g/mol. The molecule has 0 radical (unpaired) electrons. The third-order valence-corrected chi connectivity index (χ3v) is 5.44. The number of carbonyl (C=O) groups is 1. The minimum absolute atomic E-state index is 0.00961. The first-order valence-corrected chi connectivity index (χ1v) is 10.4. The van der Waals surface area contributed by atoms with Crippen LogP contribution in [0.1, 0.15) is 45.8 Å². The maximum absolute atomic E-state index is 12.7. The Labute approximate surface area is 193 Å². The lowest BCUT2D eigenvalue weighted by atomic mass is 9.93. The normalized spacial score (nSPS) is 13.9. The SMILES string of the molecule is Cc1ccc(OC(=O)c2oc3c(c2C)/C(=N/Nc2ccc([N+](=O)[O-])cc2[N+](=O)[O-])CCC3)cc1. The van der Waals surface area contributed by atoms with Crippen molar-refractivity contribution in [3.8, 4) is 5.75 Å². The van der Waals surface area contributed by atoms with Gasteiger partial charge in [0.15, 0.2) is 0 Å². The Morgan fingerprint density at radius 3 is 2.47 bits per heavy atom. The van der Waals surface area contributed by atoms with Gasteiger partial charge in [-0.05, 0) is 44.9 Å². The first kappa shape index (κ1) is 22.6. The van der Waals surface area contributed by atoms with E-state index in [4.69, 9.17) is 9.15 Å². The van der Waals surface area contributed by atoms with Crippen molar-refractivity contribution in [2.24, 2.45) is 5.10 Å². The highest BCUT2D eigenvalue weighted by molar-refractivity contribution is 6.06. The second-order valence-electron chi connectivity index (χ2n) is 7.80. The number of anilines is 1. The Hall–Kier alpha value is -4.54. The Morgan fingerprint density at radius 1 is 1.06 bits per heavy atom. The van der Waals surface area contributed by atoms with Gasteiger partial charge in [0.25, 0.3) is 5.69 Å². The summed E-state index contributed by atoms with van der Waals surface area (Å²) in [7, 11) is 0. The lowest BCUT2D eigenvalue weighted by Crippen LogP contribution is -2.14. The van der Waals surface area contributed by atoms with Crippen molar-refractivity contribution >= 4 is 28.7 Å². The number of hydrogen-bond acceptors (Lipinski definition) is 9. The quantitative estimate of drug-likeness (QED) is 0.229. The molecule has 34 heavy (non-hydrogen) atoms. The van der Waals surface area contributed by atoms with Crippen LogP contribution >= 0.6 is 0 Å². The van der Waals surface area contributed by atoms with Gasteiger partial charge in [0.2, 0.25) is 5.76 Å². The molecule has 2 aromatic carbocycles. The van der Waals surface area contributed by atoms with Crippen molar-refractivity contribution in [3.63, 3.8) is 0 Å². The average Bonchev–Trinajstić information content (AvgIpc) is 3.16. The number of non-ortho nitro benzene ring substituents is 1. The number of fused-ring (bicyclic) bond motifs is 1. The molecular formula is C23H20N4O7. The molecule has 1 N–H and O–H groups in total. The van der Waals surface area contributed by atoms with Gasteiger partial charge in [0, 0.05) is 23.6 Å². The lowest BCUT2D eigenvalue weighted by Gasteiger charge is -2.13. The Morgan fingerprint density at radius 2 is 1.79 bits per heavy atom. The van der Waals surface area contributed by atoms with Crippen molar-refractivity contribution in [1.29, 1.82) is 0 Å². The molecule has 0 aliphatic heterocycles. The molecule has 0 unspecified atom stereocenters. The van der Waals surface area contributed by atoms with E-state index in [0.717, 1.165) is 17.7 Å². The summed E-state index contributed by atoms with van der Waals surface area (Å²) >= 11 is 0. The number of nitro groups is 2. The van der Waals surface area contributed by atoms with Crippen LogP contribution in [0.2, 0.25) is 0 Å². The number of nitrogens with zero attached hydrogens (tertiary/aromatic N) is 3. The third kappa shape index (κ3) is 4.49. The Kier molecular flexibility index (Phi) is 6.09. The highest BCUT2D eigenvalue weighted by atomic mass is 16.6. The summed E-state index contributed by atoms with van der Waals surface area (Å²) in [5, 5.41) is 26.6. The number of nitrogens with one attached hydrogen (secondary N) is 1. The van der Waals surface area contributed by atoms with Gasteiger partial charge < -0.3 is 9.15 Å². The number of nitro benzene ring substituents is 2. The molecule has 3 aromatic rings. The molecule has 0 saturated heterocycles. The highest BCUT2D eigenvalue weighted by Crippen LogP contribution is 2.32. The summed E-state index contributed by atoms with van der Waals surface area (Å²) in [6.45, 7) is 3.65. The van der Waals surface area contributed by atoms with E-state index in [1.807, 2.05) is 19.1 Å². The van der Waals surface area contributed by atoms with E-state index >= 15 is 0 Å². The van der Waals surface area contributed by atoms with Crippen LogP contribution in [0.5, 0.6) is 5.75 Å². The lowest BCUT2D eigenvalue weighted by molar-refractivity contribution is -0.393. The summed E-state index contributed by atoms with van der Waals surface area (Å²) in [6, 6.07) is 10.3. The minimum atomic E-state index is -0.718. The number of rotatable bonds is 6. The fraction of sp³-hybridized carbons (Fsp3) is 0.217. The summed E-state index contributed by atoms with van der Waals surface area (Å²) in [6.07, 6.45) is 1.85. The molecule has 11 heteroatoms. The van der Waals surface area contributed by atoms with E-state index in [-0.39, 0.29) is 11.4 Å². The van der Waals surface area contributed by atoms with Crippen LogP contribution in [0.3, 0.4) is 0 Å². The number of benzene rings is 2. The van der Waals surface area contributed by atoms with Crippen LogP contribution in [0.25, 0.3) is 0 Å². The zero-order valence-corrected chi connectivity index (χ0v) is 18.4. The molecule has 11 nitrogen and oxygen atoms in total. The van der Waals surface area contributed by atoms with Gasteiger partial charge in [-0.15, -0.1) is 0 Å². The molecule has 0 atom stereocenters. The molecule has 0 saturated carbocycles. The maximum atomic E-state index is 12.7. The average molecular weight is 464 g/mol. The number of furan rings is 1. The number of aryl methyl sites for hydroxylation is 2. The van der Waals surface area contributed by atoms with Crippen LogP contribution in [0, 0.1) is 34.1 Å². The first-order valence-electron chi connectivity index (χ1n) is 10.4. The predicted molar refractivity (Wildman–Crippen MR) is 122 cm³/mol. The molecule has 0 amide bonds. The molecule has 1 aliphatic carbocycles. The molecule has 1 heterocycles. The van der Waals surface area contributed by atoms with E-state index in [1.165, 1.54) is 6.07 Å². The van der Waals surface area contributed by atoms with E-state index in [9.17, 15) is 25.0 Å². The van der Waals surface area contributed by atoms with E-state index in [0.29, 0.717) is 47.6 Å². The van der Waals surface area contributed by atoms with Crippen LogP contribution in [0.4, 0.5) is 17.1 Å². The Balaban J connectivity index is 1.62. The van der Waals surface area contributed by atoms with Gasteiger partial charge in [-0.25, -0.2) is 4.79 Å². The zero-order valence-electron chi connectivity index (χ0n) is 18.4. The third-order valence-electron chi connectivity index (χ3n) is 5.44. The number of hydrazone groups is 1. The fourth-order valence-corrected chi connectivity index (χ4v) is 3.74. The summed E-state index contributed by atoms with van der Waals surface area (Å²) in [4.78, 5) is 33.6. The molecule has 0 fully saturated rings. The number of ether oxygens (including phenoxy) is 1. The monoisotopic (exact) mass is 464 g/mol. The summed E-state index contributed by atoms with van der Waals surface area (Å²) < 4.78 is 11.2. The second kappa shape index (κ2) is 9.14.